The fraction of sp³-hybridized carbons (Fsp3) is 0.286. The van der Waals surface area contributed by atoms with Crippen molar-refractivity contribution in [2.24, 2.45) is 0 Å². The van der Waals surface area contributed by atoms with Gasteiger partial charge in [-0.05, 0) is 18.6 Å². The van der Waals surface area contributed by atoms with E-state index in [1.165, 1.54) is 6.33 Å². The molecule has 0 unspecified atom stereocenters. The highest BCUT2D eigenvalue weighted by atomic mass is 15.3. The summed E-state index contributed by atoms with van der Waals surface area (Å²) in [4.78, 5) is 8.40. The second-order valence-electron chi connectivity index (χ2n) is 4.52. The van der Waals surface area contributed by atoms with Crippen LogP contribution in [0.3, 0.4) is 0 Å². The van der Waals surface area contributed by atoms with Crippen molar-refractivity contribution in [1.82, 2.24) is 29.5 Å². The monoisotopic (exact) mass is 268 g/mol. The summed E-state index contributed by atoms with van der Waals surface area (Å²) in [6.45, 7) is 3.04. The van der Waals surface area contributed by atoms with Crippen molar-refractivity contribution in [2.75, 3.05) is 0 Å². The van der Waals surface area contributed by atoms with Crippen molar-refractivity contribution in [1.29, 1.82) is 0 Å². The van der Waals surface area contributed by atoms with Crippen LogP contribution in [0.1, 0.15) is 19.8 Å². The van der Waals surface area contributed by atoms with Gasteiger partial charge in [0.25, 0.3) is 0 Å². The highest BCUT2D eigenvalue weighted by Gasteiger charge is 2.12. The Morgan fingerprint density at radius 2 is 2.00 bits per heavy atom. The second kappa shape index (κ2) is 5.64. The fourth-order valence-corrected chi connectivity index (χ4v) is 2.14. The van der Waals surface area contributed by atoms with E-state index in [1.54, 1.807) is 17.3 Å². The van der Waals surface area contributed by atoms with E-state index in [-0.39, 0.29) is 0 Å². The molecule has 0 radical (unpaired) electrons. The number of nitrogens with zero attached hydrogens (tertiary/aromatic N) is 6. The largest absolute Gasteiger partial charge is 0.246 e. The highest BCUT2D eigenvalue weighted by molar-refractivity contribution is 5.67. The molecule has 0 saturated carbocycles. The molecule has 0 fully saturated rings. The molecule has 0 saturated heterocycles. The predicted molar refractivity (Wildman–Crippen MR) is 75.3 cm³/mol. The zero-order valence-corrected chi connectivity index (χ0v) is 11.3. The number of para-hydroxylation sites is 1. The molecule has 0 aliphatic carbocycles. The van der Waals surface area contributed by atoms with Crippen LogP contribution in [0.2, 0.25) is 0 Å². The number of hydrogen-bond donors (Lipinski definition) is 0. The van der Waals surface area contributed by atoms with Crippen LogP contribution >= 0.6 is 0 Å². The van der Waals surface area contributed by atoms with Crippen LogP contribution in [0.5, 0.6) is 0 Å². The van der Waals surface area contributed by atoms with Gasteiger partial charge in [-0.15, -0.1) is 0 Å². The maximum atomic E-state index is 4.40. The third-order valence-electron chi connectivity index (χ3n) is 3.15. The van der Waals surface area contributed by atoms with E-state index in [9.17, 15) is 0 Å². The van der Waals surface area contributed by atoms with E-state index in [0.717, 1.165) is 36.5 Å². The summed E-state index contributed by atoms with van der Waals surface area (Å²) in [5.74, 6) is 0.865. The van der Waals surface area contributed by atoms with E-state index >= 15 is 0 Å². The maximum Gasteiger partial charge on any atom is 0.160 e. The third kappa shape index (κ3) is 2.32. The molecule has 0 N–H and O–H groups in total. The smallest absolute Gasteiger partial charge is 0.160 e. The van der Waals surface area contributed by atoms with E-state index in [4.69, 9.17) is 0 Å². The summed E-state index contributed by atoms with van der Waals surface area (Å²) in [5, 5.41) is 8.51. The fourth-order valence-electron chi connectivity index (χ4n) is 2.14. The third-order valence-corrected chi connectivity index (χ3v) is 3.15. The molecule has 6 heteroatoms. The Balaban J connectivity index is 2.05. The average Bonchev–Trinajstić information content (AvgIpc) is 3.16. The molecule has 0 aliphatic heterocycles. The van der Waals surface area contributed by atoms with E-state index in [2.05, 4.69) is 27.1 Å². The van der Waals surface area contributed by atoms with Crippen LogP contribution in [0.25, 0.3) is 17.1 Å². The molecule has 102 valence electrons. The second-order valence-corrected chi connectivity index (χ2v) is 4.52. The molecule has 3 aromatic rings. The molecule has 3 rings (SSSR count). The van der Waals surface area contributed by atoms with Crippen molar-refractivity contribution in [3.8, 4) is 17.1 Å². The normalized spacial score (nSPS) is 10.8. The molecule has 0 spiro atoms. The molecule has 0 amide bonds. The van der Waals surface area contributed by atoms with E-state index in [1.807, 2.05) is 28.9 Å². The Morgan fingerprint density at radius 3 is 2.80 bits per heavy atom. The summed E-state index contributed by atoms with van der Waals surface area (Å²) >= 11 is 0. The predicted octanol–water partition coefficient (Wildman–Crippen LogP) is 2.33. The van der Waals surface area contributed by atoms with Gasteiger partial charge >= 0.3 is 0 Å². The first-order valence-electron chi connectivity index (χ1n) is 6.72. The van der Waals surface area contributed by atoms with E-state index in [0.29, 0.717) is 0 Å². The molecule has 0 aliphatic rings. The number of aromatic nitrogens is 6. The number of unbranched alkanes of at least 4 members (excludes halogenated alkanes) is 1. The van der Waals surface area contributed by atoms with Crippen LogP contribution in [0.4, 0.5) is 0 Å². The van der Waals surface area contributed by atoms with Crippen molar-refractivity contribution in [2.45, 2.75) is 26.3 Å². The zero-order valence-electron chi connectivity index (χ0n) is 11.3. The van der Waals surface area contributed by atoms with Gasteiger partial charge in [0.1, 0.15) is 19.0 Å². The molecule has 20 heavy (non-hydrogen) atoms. The number of hydrogen-bond acceptors (Lipinski definition) is 4. The number of aryl methyl sites for hydroxylation is 1. The molecular formula is C14H16N6. The molecular weight excluding hydrogens is 252 g/mol. The minimum atomic E-state index is 0.865. The summed E-state index contributed by atoms with van der Waals surface area (Å²) in [5.41, 5.74) is 1.96. The molecule has 6 nitrogen and oxygen atoms in total. The number of benzene rings is 1. The van der Waals surface area contributed by atoms with Crippen molar-refractivity contribution >= 4 is 0 Å². The standard InChI is InChI=1S/C14H16N6/c1-2-3-8-19-14(16-10-18-19)12-6-4-5-7-13(12)20-11-15-9-17-20/h4-7,9-11H,2-3,8H2,1H3. The minimum absolute atomic E-state index is 0.865. The van der Waals surface area contributed by atoms with Crippen LogP contribution in [-0.4, -0.2) is 29.5 Å². The van der Waals surface area contributed by atoms with Gasteiger partial charge in [-0.25, -0.2) is 19.3 Å². The average molecular weight is 268 g/mol. The Hall–Kier alpha value is -2.50. The van der Waals surface area contributed by atoms with Crippen molar-refractivity contribution < 1.29 is 0 Å². The molecule has 0 bridgehead atoms. The van der Waals surface area contributed by atoms with Crippen LogP contribution in [0, 0.1) is 0 Å². The van der Waals surface area contributed by atoms with Gasteiger partial charge in [-0.2, -0.15) is 10.2 Å². The van der Waals surface area contributed by atoms with Gasteiger partial charge < -0.3 is 0 Å². The summed E-state index contributed by atoms with van der Waals surface area (Å²) < 4.78 is 3.69. The lowest BCUT2D eigenvalue weighted by Gasteiger charge is -2.10. The van der Waals surface area contributed by atoms with Gasteiger partial charge in [-0.3, -0.25) is 0 Å². The van der Waals surface area contributed by atoms with Gasteiger partial charge in [0.05, 0.1) is 5.69 Å². The summed E-state index contributed by atoms with van der Waals surface area (Å²) in [7, 11) is 0. The Bertz CT molecular complexity index is 671. The maximum absolute atomic E-state index is 4.40. The molecule has 0 atom stereocenters. The van der Waals surface area contributed by atoms with Gasteiger partial charge in [-0.1, -0.05) is 25.5 Å². The molecule has 2 heterocycles. The minimum Gasteiger partial charge on any atom is -0.246 e. The molecule has 1 aromatic carbocycles. The lowest BCUT2D eigenvalue weighted by Crippen LogP contribution is -2.05. The Labute approximate surface area is 117 Å². The summed E-state index contributed by atoms with van der Waals surface area (Å²) in [6.07, 6.45) is 7.03. The van der Waals surface area contributed by atoms with Gasteiger partial charge in [0.2, 0.25) is 0 Å². The van der Waals surface area contributed by atoms with Crippen LogP contribution < -0.4 is 0 Å². The summed E-state index contributed by atoms with van der Waals surface area (Å²) in [6, 6.07) is 8.01. The topological polar surface area (TPSA) is 61.4 Å². The van der Waals surface area contributed by atoms with Gasteiger partial charge in [0, 0.05) is 12.1 Å². The zero-order chi connectivity index (χ0) is 13.8. The lowest BCUT2D eigenvalue weighted by atomic mass is 10.1. The van der Waals surface area contributed by atoms with Crippen LogP contribution in [0.15, 0.2) is 43.2 Å². The quantitative estimate of drug-likeness (QED) is 0.712. The van der Waals surface area contributed by atoms with Gasteiger partial charge in [0.15, 0.2) is 5.82 Å². The lowest BCUT2D eigenvalue weighted by molar-refractivity contribution is 0.576. The van der Waals surface area contributed by atoms with Crippen molar-refractivity contribution in [3.05, 3.63) is 43.2 Å². The van der Waals surface area contributed by atoms with Crippen molar-refractivity contribution in [3.63, 3.8) is 0 Å². The first-order chi connectivity index (χ1) is 9.90. The van der Waals surface area contributed by atoms with E-state index < -0.39 is 0 Å². The first kappa shape index (κ1) is 12.5. The van der Waals surface area contributed by atoms with Crippen LogP contribution in [-0.2, 0) is 6.54 Å². The first-order valence-corrected chi connectivity index (χ1v) is 6.72. The molecule has 2 aromatic heterocycles. The highest BCUT2D eigenvalue weighted by Crippen LogP contribution is 2.24. The Morgan fingerprint density at radius 1 is 1.10 bits per heavy atom. The Kier molecular flexibility index (Phi) is 3.54. The SMILES string of the molecule is CCCCn1ncnc1-c1ccccc1-n1cncn1. The number of rotatable bonds is 5.